The molecule has 6 saturated carbocycles. The molecule has 0 saturated heterocycles. The minimum Gasteiger partial charge on any atom is -0.311 e. The van der Waals surface area contributed by atoms with Gasteiger partial charge >= 0.3 is 0 Å². The van der Waals surface area contributed by atoms with E-state index in [1.165, 1.54) is 226 Å². The molecule has 0 unspecified atom stereocenters. The maximum Gasteiger partial charge on any atom is 0.0462 e. The van der Waals surface area contributed by atoms with Gasteiger partial charge in [-0.1, -0.05) is 290 Å². The zero-order valence-electron chi connectivity index (χ0n) is 72.6. The first-order valence-electron chi connectivity index (χ1n) is 47.0. The van der Waals surface area contributed by atoms with Gasteiger partial charge in [0.15, 0.2) is 0 Å². The van der Waals surface area contributed by atoms with Crippen molar-refractivity contribution in [2.24, 2.45) is 0 Å². The normalized spacial score (nSPS) is 15.9. The van der Waals surface area contributed by atoms with E-state index in [1.807, 2.05) is 0 Å². The highest BCUT2D eigenvalue weighted by atomic mass is 15.2. The van der Waals surface area contributed by atoms with Crippen molar-refractivity contribution >= 4 is 141 Å². The molecule has 12 aromatic rings. The van der Waals surface area contributed by atoms with Crippen molar-refractivity contribution in [3.63, 3.8) is 0 Å². The fraction of sp³-hybridized carbons (Fsp3) is 0.250. The smallest absolute Gasteiger partial charge is 0.0462 e. The van der Waals surface area contributed by atoms with E-state index >= 15 is 0 Å². The molecule has 4 nitrogen and oxygen atoms in total. The Morgan fingerprint density at radius 1 is 0.113 bits per heavy atom. The molecule has 0 N–H and O–H groups in total. The fourth-order valence-electron chi connectivity index (χ4n) is 19.4. The summed E-state index contributed by atoms with van der Waals surface area (Å²) in [6, 6.07) is 109. The third-order valence-electron chi connectivity index (χ3n) is 26.4. The largest absolute Gasteiger partial charge is 0.311 e. The number of hydrogen-bond acceptors (Lipinski definition) is 4. The molecular weight excluding hydrogens is 1500 g/mol. The summed E-state index contributed by atoms with van der Waals surface area (Å²) in [7, 11) is 0. The summed E-state index contributed by atoms with van der Waals surface area (Å²) in [5, 5.41) is 0. The Bertz CT molecular complexity index is 4970. The highest BCUT2D eigenvalue weighted by Gasteiger charge is 2.21. The van der Waals surface area contributed by atoms with Gasteiger partial charge in [0.05, 0.1) is 0 Å². The lowest BCUT2D eigenvalue weighted by molar-refractivity contribution is 0.602. The van der Waals surface area contributed by atoms with Crippen LogP contribution in [0.25, 0.3) is 72.9 Å². The zero-order valence-corrected chi connectivity index (χ0v) is 72.6. The number of anilines is 12. The molecule has 0 aliphatic heterocycles. The van der Waals surface area contributed by atoms with Crippen LogP contribution in [0.15, 0.2) is 325 Å². The minimum atomic E-state index is 1.08. The van der Waals surface area contributed by atoms with Gasteiger partial charge in [-0.3, -0.25) is 0 Å². The molecule has 0 spiro atoms. The topological polar surface area (TPSA) is 13.0 Å². The van der Waals surface area contributed by atoms with Gasteiger partial charge in [0.2, 0.25) is 0 Å². The molecule has 0 radical (unpaired) electrons. The minimum absolute atomic E-state index is 1.08. The lowest BCUT2D eigenvalue weighted by atomic mass is 9.93. The molecule has 0 aromatic heterocycles. The van der Waals surface area contributed by atoms with Gasteiger partial charge in [0.25, 0.3) is 0 Å². The first-order chi connectivity index (χ1) is 61.3. The molecule has 0 atom stereocenters. The van der Waals surface area contributed by atoms with Gasteiger partial charge in [-0.05, 0) is 366 Å². The molecule has 12 aromatic carbocycles. The molecule has 0 bridgehead atoms. The first-order valence-corrected chi connectivity index (χ1v) is 47.0. The first kappa shape index (κ1) is 82.5. The Morgan fingerprint density at radius 2 is 0.210 bits per heavy atom. The van der Waals surface area contributed by atoms with E-state index < -0.39 is 0 Å². The number of benzene rings is 12. The van der Waals surface area contributed by atoms with Crippen LogP contribution in [0.2, 0.25) is 0 Å². The molecule has 6 aliphatic rings. The highest BCUT2D eigenvalue weighted by Crippen LogP contribution is 2.43. The molecule has 0 amide bonds. The monoisotopic (exact) mass is 1620 g/mol. The molecule has 124 heavy (non-hydrogen) atoms. The van der Waals surface area contributed by atoms with Gasteiger partial charge in [0, 0.05) is 68.2 Å². The highest BCUT2D eigenvalue weighted by molar-refractivity contribution is 5.86. The Morgan fingerprint density at radius 3 is 0.315 bits per heavy atom. The zero-order chi connectivity index (χ0) is 83.3. The number of allylic oxidation sites excluding steroid dienone is 6. The van der Waals surface area contributed by atoms with Crippen molar-refractivity contribution in [2.75, 3.05) is 19.6 Å². The van der Waals surface area contributed by atoms with Crippen molar-refractivity contribution in [3.05, 3.63) is 391 Å². The molecule has 0 heterocycles. The lowest BCUT2D eigenvalue weighted by Gasteiger charge is -2.26. The summed E-state index contributed by atoms with van der Waals surface area (Å²) in [6.07, 6.45) is 66.4. The molecule has 620 valence electrons. The van der Waals surface area contributed by atoms with Crippen LogP contribution in [0, 0.1) is 0 Å². The average Bonchev–Trinajstić information content (AvgIpc) is 0.815. The molecule has 4 heteroatoms. The third kappa shape index (κ3) is 21.9. The van der Waals surface area contributed by atoms with Crippen LogP contribution < -0.4 is 19.6 Å². The summed E-state index contributed by atoms with van der Waals surface area (Å²) in [5.41, 5.74) is 37.6. The Hall–Kier alpha value is -12.5. The Kier molecular flexibility index (Phi) is 27.3. The van der Waals surface area contributed by atoms with E-state index in [0.29, 0.717) is 0 Å². The van der Waals surface area contributed by atoms with Gasteiger partial charge in [-0.2, -0.15) is 0 Å². The predicted molar refractivity (Wildman–Crippen MR) is 538 cm³/mol. The SMILES string of the molecule is C(=C1CCCCC1)c1ccc(N(c2ccc(C=C3CCCCC3)cc2)c2ccc(/C=C/c3ccc(N(c4ccc(/C=C/c5ccc(N(c6ccc(C=C7CCCCC7)cc6)c6ccc(C=C7CCCCC7)cc6)cc5)cc4)c4ccc(/C=C/c5ccc(N(c6ccc(C=C7CCCCC7)cc6)c6ccc(C=C7CCCCC7)cc6)cc5)cc4)cc3)cc2)cc1. The van der Waals surface area contributed by atoms with E-state index in [2.05, 4.69) is 384 Å². The number of nitrogens with zero attached hydrogens (tertiary/aromatic N) is 4. The summed E-state index contributed by atoms with van der Waals surface area (Å²) in [6.45, 7) is 0. The standard InChI is InChI=1S/C120H120N4/c1-7-19-97(20-8-1)85-103-49-73-115(74-50-103)122(116-75-51-104(52-76-116)86-98-21-9-2-10-22-98)112-67-43-94(44-68-112)34-31-91-37-61-109(62-38-91)121(110-63-39-92(40-64-110)32-35-95-45-69-113(70-46-95)123(117-77-53-105(54-78-117)87-99-23-11-3-12-24-99)118-79-55-106(56-80-118)88-100-25-13-4-14-26-100)111-65-41-93(42-66-111)33-36-96-47-71-114(72-48-96)124(119-81-57-107(58-82-119)89-101-27-15-5-16-28-101)120-83-59-108(60-84-120)90-102-29-17-6-18-30-102/h31-90H,1-30H2/b34-31+,35-32+,36-33+. The van der Waals surface area contributed by atoms with E-state index in [4.69, 9.17) is 0 Å². The maximum absolute atomic E-state index is 2.43. The second-order valence-electron chi connectivity index (χ2n) is 35.6. The van der Waals surface area contributed by atoms with E-state index in [9.17, 15) is 0 Å². The van der Waals surface area contributed by atoms with Crippen molar-refractivity contribution < 1.29 is 0 Å². The van der Waals surface area contributed by atoms with Crippen molar-refractivity contribution in [2.45, 2.75) is 193 Å². The van der Waals surface area contributed by atoms with Crippen LogP contribution in [0.5, 0.6) is 0 Å². The van der Waals surface area contributed by atoms with Crippen molar-refractivity contribution in [1.29, 1.82) is 0 Å². The van der Waals surface area contributed by atoms with E-state index in [-0.39, 0.29) is 0 Å². The van der Waals surface area contributed by atoms with Crippen molar-refractivity contribution in [3.8, 4) is 0 Å². The van der Waals surface area contributed by atoms with Crippen LogP contribution in [0.1, 0.15) is 259 Å². The quantitative estimate of drug-likeness (QED) is 0.0559. The Labute approximate surface area is 739 Å². The summed E-state index contributed by atoms with van der Waals surface area (Å²) >= 11 is 0. The summed E-state index contributed by atoms with van der Waals surface area (Å²) in [4.78, 5) is 9.59. The number of hydrogen-bond donors (Lipinski definition) is 0. The summed E-state index contributed by atoms with van der Waals surface area (Å²) in [5.74, 6) is 0. The second kappa shape index (κ2) is 41.1. The number of rotatable bonds is 24. The van der Waals surface area contributed by atoms with Crippen LogP contribution >= 0.6 is 0 Å². The predicted octanol–water partition coefficient (Wildman–Crippen LogP) is 36.2. The average molecular weight is 1620 g/mol. The van der Waals surface area contributed by atoms with Gasteiger partial charge < -0.3 is 19.6 Å². The molecule has 18 rings (SSSR count). The molecular formula is C120H120N4. The van der Waals surface area contributed by atoms with Crippen LogP contribution in [0.3, 0.4) is 0 Å². The van der Waals surface area contributed by atoms with Gasteiger partial charge in [0.1, 0.15) is 0 Å². The maximum atomic E-state index is 2.43. The molecule has 6 aliphatic carbocycles. The van der Waals surface area contributed by atoms with E-state index in [1.54, 1.807) is 33.4 Å². The Balaban J connectivity index is 0.603. The van der Waals surface area contributed by atoms with Crippen molar-refractivity contribution in [1.82, 2.24) is 0 Å². The summed E-state index contributed by atoms with van der Waals surface area (Å²) < 4.78 is 0. The van der Waals surface area contributed by atoms with E-state index in [0.717, 1.165) is 102 Å². The van der Waals surface area contributed by atoms with Crippen LogP contribution in [-0.2, 0) is 0 Å². The second-order valence-corrected chi connectivity index (χ2v) is 35.6. The van der Waals surface area contributed by atoms with Gasteiger partial charge in [-0.25, -0.2) is 0 Å². The van der Waals surface area contributed by atoms with Crippen LogP contribution in [-0.4, -0.2) is 0 Å². The molecule has 6 fully saturated rings. The lowest BCUT2D eigenvalue weighted by Crippen LogP contribution is -2.10. The third-order valence-corrected chi connectivity index (χ3v) is 26.4. The van der Waals surface area contributed by atoms with Crippen LogP contribution in [0.4, 0.5) is 68.2 Å². The van der Waals surface area contributed by atoms with Gasteiger partial charge in [-0.15, -0.1) is 0 Å². The fourth-order valence-corrected chi connectivity index (χ4v) is 19.4.